The summed E-state index contributed by atoms with van der Waals surface area (Å²) in [5.41, 5.74) is 15.9. The van der Waals surface area contributed by atoms with E-state index in [0.29, 0.717) is 83.9 Å². The van der Waals surface area contributed by atoms with Crippen molar-refractivity contribution in [3.8, 4) is 81.3 Å². The van der Waals surface area contributed by atoms with Gasteiger partial charge in [-0.1, -0.05) is 183 Å². The van der Waals surface area contributed by atoms with Gasteiger partial charge in [0.05, 0.1) is 54.7 Å². The van der Waals surface area contributed by atoms with E-state index >= 15 is 0 Å². The number of nitrogens with zero attached hydrogens (tertiary/aromatic N) is 7. The monoisotopic (exact) mass is 1610 g/mol. The van der Waals surface area contributed by atoms with E-state index in [1.807, 2.05) is 142 Å². The number of para-hydroxylation sites is 3. The van der Waals surface area contributed by atoms with Gasteiger partial charge in [0.25, 0.3) is 16.7 Å². The predicted molar refractivity (Wildman–Crippen MR) is 491 cm³/mol. The molecule has 0 unspecified atom stereocenters. The minimum absolute atomic E-state index is 0.0101. The first-order chi connectivity index (χ1) is 58.2. The first kappa shape index (κ1) is 84.3. The van der Waals surface area contributed by atoms with Crippen molar-refractivity contribution >= 4 is 74.9 Å². The molecule has 15 rings (SSSR count). The lowest BCUT2D eigenvalue weighted by Gasteiger charge is -2.18. The summed E-state index contributed by atoms with van der Waals surface area (Å²) in [5, 5.41) is 62.5. The molecule has 0 saturated heterocycles. The highest BCUT2D eigenvalue weighted by atomic mass is 16.6. The zero-order valence-electron chi connectivity index (χ0n) is 69.6. The molecule has 0 bridgehead atoms. The van der Waals surface area contributed by atoms with Gasteiger partial charge < -0.3 is 25.5 Å². The number of aromatic hydroxyl groups is 5. The Morgan fingerprint density at radius 3 is 1.00 bits per heavy atom. The Morgan fingerprint density at radius 2 is 0.648 bits per heavy atom. The number of hydrogen-bond acceptors (Lipinski definition) is 13. The Labute approximate surface area is 707 Å². The van der Waals surface area contributed by atoms with Gasteiger partial charge in [0, 0.05) is 56.6 Å². The molecule has 0 aliphatic carbocycles. The summed E-state index contributed by atoms with van der Waals surface area (Å²) in [4.78, 5) is 66.0. The summed E-state index contributed by atoms with van der Waals surface area (Å²) in [7, 11) is 0. The Kier molecular flexibility index (Phi) is 24.6. The van der Waals surface area contributed by atoms with Crippen molar-refractivity contribution in [2.45, 2.75) is 99.3 Å². The average molecular weight is 1610 g/mol. The largest absolute Gasteiger partial charge is 0.508 e. The van der Waals surface area contributed by atoms with Gasteiger partial charge in [-0.2, -0.15) is 0 Å². The van der Waals surface area contributed by atoms with Gasteiger partial charge in [-0.3, -0.25) is 38.2 Å². The normalized spacial score (nSPS) is 11.5. The van der Waals surface area contributed by atoms with Crippen LogP contribution in [0.2, 0.25) is 0 Å². The van der Waals surface area contributed by atoms with Gasteiger partial charge in [0.1, 0.15) is 40.5 Å². The molecular weight excluding hydrogens is 1520 g/mol. The number of phenolic OH excluding ortho intramolecular Hbond substituents is 5. The average Bonchev–Trinajstić information content (AvgIpc) is 0.774. The summed E-state index contributed by atoms with van der Waals surface area (Å²) < 4.78 is 4.68. The molecule has 15 aromatic rings. The fraction of sp³-hybridized carbons (Fsp3) is 0.143. The van der Waals surface area contributed by atoms with Crippen molar-refractivity contribution in [1.29, 1.82) is 0 Å². The molecule has 604 valence electrons. The second kappa shape index (κ2) is 35.7. The molecule has 3 heterocycles. The van der Waals surface area contributed by atoms with Gasteiger partial charge in [-0.05, 0) is 270 Å². The second-order valence-electron chi connectivity index (χ2n) is 32.6. The smallest absolute Gasteiger partial charge is 0.311 e. The van der Waals surface area contributed by atoms with Gasteiger partial charge in [-0.15, -0.1) is 0 Å². The second-order valence-corrected chi connectivity index (χ2v) is 32.6. The van der Waals surface area contributed by atoms with E-state index in [0.717, 1.165) is 50.1 Å². The van der Waals surface area contributed by atoms with Gasteiger partial charge in [0.2, 0.25) is 0 Å². The molecular formula is C105H89N7O10. The Balaban J connectivity index is 0.000000158. The predicted octanol–water partition coefficient (Wildman–Crippen LogP) is 21.1. The molecule has 0 amide bonds. The number of hydrogen-bond donors (Lipinski definition) is 5. The van der Waals surface area contributed by atoms with Crippen molar-refractivity contribution in [2.75, 3.05) is 0 Å². The fourth-order valence-electron chi connectivity index (χ4n) is 13.7. The molecule has 0 aliphatic heterocycles. The summed E-state index contributed by atoms with van der Waals surface area (Å²) >= 11 is 0. The first-order valence-electron chi connectivity index (χ1n) is 39.5. The Bertz CT molecular complexity index is 7100. The third kappa shape index (κ3) is 19.8. The van der Waals surface area contributed by atoms with Crippen molar-refractivity contribution in [3.63, 3.8) is 0 Å². The number of phenols is 5. The van der Waals surface area contributed by atoms with Crippen molar-refractivity contribution < 1.29 is 30.5 Å². The molecule has 0 saturated carbocycles. The van der Waals surface area contributed by atoms with Crippen molar-refractivity contribution in [3.05, 3.63) is 397 Å². The van der Waals surface area contributed by atoms with E-state index in [1.165, 1.54) is 63.7 Å². The zero-order valence-corrected chi connectivity index (χ0v) is 69.6. The third-order valence-electron chi connectivity index (χ3n) is 20.5. The van der Waals surface area contributed by atoms with Gasteiger partial charge >= 0.3 is 5.69 Å². The maximum absolute atomic E-state index is 13.7. The van der Waals surface area contributed by atoms with Crippen LogP contribution in [-0.2, 0) is 16.2 Å². The standard InChI is InChI=1S/C35H29N3O4.2C35H30N2O3/c1-23-21-25(10-9-24-11-16-27(17-12-24)35(2,3)4)13-18-30(23)37-33(36-29-8-6-5-7-28(29)34(37)40)20-15-26-14-19-32(39)31(22-26)38(41)42;1-23-21-25(10-9-24-11-16-27(17-12-24)35(2,3)4)13-19-31(23)37-33(20-15-26-14-18-28(38)22-32(26)39)36-30-8-6-5-7-29(30)34(37)40;1-23-21-25(10-9-24-11-15-27(16-12-24)35(2,3)4)13-18-31(23)37-33(20-14-26-22-28(38)17-19-32(26)39)36-30-8-6-5-7-29(30)34(37)40/h5-8,11-22,39H,1-4H3;2*5-8,11-22,38-39H,1-4H3/b2*20-15+;20-14+. The van der Waals surface area contributed by atoms with Crippen LogP contribution >= 0.6 is 0 Å². The molecule has 0 atom stereocenters. The lowest BCUT2D eigenvalue weighted by atomic mass is 9.87. The topological polar surface area (TPSA) is 249 Å². The number of rotatable bonds is 10. The molecule has 17 heteroatoms. The van der Waals surface area contributed by atoms with E-state index in [1.54, 1.807) is 100 Å². The van der Waals surface area contributed by atoms with Crippen LogP contribution in [0.15, 0.2) is 269 Å². The highest BCUT2D eigenvalue weighted by Crippen LogP contribution is 2.32. The Hall–Kier alpha value is -15.6. The lowest BCUT2D eigenvalue weighted by molar-refractivity contribution is -0.385. The van der Waals surface area contributed by atoms with Crippen molar-refractivity contribution in [2.24, 2.45) is 0 Å². The van der Waals surface area contributed by atoms with E-state index in [-0.39, 0.29) is 55.9 Å². The molecule has 12 aromatic carbocycles. The maximum Gasteiger partial charge on any atom is 0.311 e. The van der Waals surface area contributed by atoms with Crippen LogP contribution in [0.5, 0.6) is 28.7 Å². The van der Waals surface area contributed by atoms with E-state index in [9.17, 15) is 50.0 Å². The molecule has 5 N–H and O–H groups in total. The van der Waals surface area contributed by atoms with Crippen LogP contribution in [-0.4, -0.2) is 59.1 Å². The molecule has 0 radical (unpaired) electrons. The number of fused-ring (bicyclic) bond motifs is 3. The number of aromatic nitrogens is 6. The molecule has 0 aliphatic rings. The van der Waals surface area contributed by atoms with E-state index < -0.39 is 16.4 Å². The lowest BCUT2D eigenvalue weighted by Crippen LogP contribution is -2.23. The number of nitro benzene ring substituents is 1. The van der Waals surface area contributed by atoms with E-state index in [4.69, 9.17) is 15.0 Å². The van der Waals surface area contributed by atoms with Gasteiger partial charge in [0.15, 0.2) is 5.75 Å². The quantitative estimate of drug-likeness (QED) is 0.0370. The van der Waals surface area contributed by atoms with Crippen LogP contribution in [0.25, 0.3) is 86.2 Å². The van der Waals surface area contributed by atoms with Crippen LogP contribution in [0.1, 0.15) is 163 Å². The van der Waals surface area contributed by atoms with E-state index in [2.05, 4.69) is 134 Å². The highest BCUT2D eigenvalue weighted by molar-refractivity contribution is 5.84. The number of nitro groups is 1. The van der Waals surface area contributed by atoms with Crippen molar-refractivity contribution in [1.82, 2.24) is 28.7 Å². The number of benzene rings is 12. The first-order valence-corrected chi connectivity index (χ1v) is 39.5. The summed E-state index contributed by atoms with van der Waals surface area (Å²) in [6.07, 6.45) is 9.91. The van der Waals surface area contributed by atoms with Crippen LogP contribution < -0.4 is 16.7 Å². The van der Waals surface area contributed by atoms with Gasteiger partial charge in [-0.25, -0.2) is 15.0 Å². The number of aryl methyl sites for hydroxylation is 3. The summed E-state index contributed by atoms with van der Waals surface area (Å²) in [6.45, 7) is 25.4. The molecule has 122 heavy (non-hydrogen) atoms. The Morgan fingerprint density at radius 1 is 0.328 bits per heavy atom. The molecule has 0 fully saturated rings. The van der Waals surface area contributed by atoms with Crippen LogP contribution in [0, 0.1) is 66.4 Å². The fourth-order valence-corrected chi connectivity index (χ4v) is 13.7. The SMILES string of the molecule is Cc1cc(C#Cc2ccc(C(C)(C)C)cc2)ccc1-n1c(/C=C/c2cc(O)ccc2O)nc2ccccc2c1=O.Cc1cc(C#Cc2ccc(C(C)(C)C)cc2)ccc1-n1c(/C=C/c2ccc(O)c([N+](=O)[O-])c2)nc2ccccc2c1=O.Cc1cc(C#Cc2ccc(C(C)(C)C)cc2)ccc1-n1c(/C=C/c2ccc(O)cc2O)nc2ccccc2c1=O. The summed E-state index contributed by atoms with van der Waals surface area (Å²) in [5.74, 6) is 20.1. The van der Waals surface area contributed by atoms with Crippen LogP contribution in [0.4, 0.5) is 5.69 Å². The highest BCUT2D eigenvalue weighted by Gasteiger charge is 2.21. The third-order valence-corrected chi connectivity index (χ3v) is 20.5. The zero-order chi connectivity index (χ0) is 86.9. The van der Waals surface area contributed by atoms with Crippen LogP contribution in [0.3, 0.4) is 0 Å². The maximum atomic E-state index is 13.7. The summed E-state index contributed by atoms with van der Waals surface area (Å²) in [6, 6.07) is 76.3. The molecule has 17 nitrogen and oxygen atoms in total. The minimum atomic E-state index is -0.647. The molecule has 3 aromatic heterocycles. The molecule has 0 spiro atoms. The minimum Gasteiger partial charge on any atom is -0.508 e.